The molecule has 0 rings (SSSR count). The van der Waals surface area contributed by atoms with Crippen molar-refractivity contribution in [2.45, 2.75) is 20.8 Å². The molecule has 0 saturated heterocycles. The summed E-state index contributed by atoms with van der Waals surface area (Å²) in [5.74, 6) is 0. The normalized spacial score (nSPS) is 12.0. The summed E-state index contributed by atoms with van der Waals surface area (Å²) >= 11 is 0. The zero-order chi connectivity index (χ0) is 8.04. The van der Waals surface area contributed by atoms with Crippen LogP contribution in [0.3, 0.4) is 0 Å². The lowest BCUT2D eigenvalue weighted by Gasteiger charge is -2.16. The summed E-state index contributed by atoms with van der Waals surface area (Å²) < 4.78 is 10.0. The number of methoxy groups -OCH3 is 1. The van der Waals surface area contributed by atoms with Crippen molar-refractivity contribution in [2.24, 2.45) is 5.41 Å². The van der Waals surface area contributed by atoms with Crippen LogP contribution in [0.25, 0.3) is 0 Å². The highest BCUT2D eigenvalue weighted by Gasteiger charge is 2.09. The first-order valence-corrected chi connectivity index (χ1v) is 3.51. The van der Waals surface area contributed by atoms with Crippen molar-refractivity contribution in [2.75, 3.05) is 20.3 Å². The lowest BCUT2D eigenvalue weighted by molar-refractivity contribution is 0.0784. The molecule has 0 saturated carbocycles. The molecule has 0 aromatic carbocycles. The molecular weight excluding hydrogens is 128 g/mol. The number of ether oxygens (including phenoxy) is 2. The highest BCUT2D eigenvalue weighted by molar-refractivity contribution is 4.70. The van der Waals surface area contributed by atoms with Gasteiger partial charge in [-0.25, -0.2) is 0 Å². The van der Waals surface area contributed by atoms with E-state index in [0.29, 0.717) is 13.2 Å². The van der Waals surface area contributed by atoms with Gasteiger partial charge in [0.05, 0.1) is 19.8 Å². The average Bonchev–Trinajstić information content (AvgIpc) is 1.78. The molecule has 2 nitrogen and oxygen atoms in total. The fourth-order valence-electron chi connectivity index (χ4n) is 0.440. The Hall–Kier alpha value is -0.0800. The Balaban J connectivity index is 3.04. The SMILES string of the molecule is COCCO[CH]C(C)(C)C. The van der Waals surface area contributed by atoms with E-state index >= 15 is 0 Å². The highest BCUT2D eigenvalue weighted by Crippen LogP contribution is 2.16. The molecule has 0 N–H and O–H groups in total. The lowest BCUT2D eigenvalue weighted by atomic mass is 9.99. The van der Waals surface area contributed by atoms with Gasteiger partial charge in [0.25, 0.3) is 0 Å². The molecule has 0 bridgehead atoms. The smallest absolute Gasteiger partial charge is 0.0891 e. The molecule has 0 amide bonds. The summed E-state index contributed by atoms with van der Waals surface area (Å²) in [5, 5.41) is 0. The molecule has 0 aliphatic rings. The molecule has 0 aliphatic carbocycles. The predicted molar refractivity (Wildman–Crippen MR) is 41.6 cm³/mol. The van der Waals surface area contributed by atoms with Crippen LogP contribution in [-0.2, 0) is 9.47 Å². The minimum atomic E-state index is 0.147. The summed E-state index contributed by atoms with van der Waals surface area (Å²) in [7, 11) is 1.67. The second-order valence-electron chi connectivity index (χ2n) is 3.35. The van der Waals surface area contributed by atoms with E-state index in [1.165, 1.54) is 0 Å². The van der Waals surface area contributed by atoms with Gasteiger partial charge < -0.3 is 9.47 Å². The zero-order valence-corrected chi connectivity index (χ0v) is 7.31. The first-order valence-electron chi connectivity index (χ1n) is 3.51. The van der Waals surface area contributed by atoms with E-state index in [2.05, 4.69) is 20.8 Å². The molecule has 0 atom stereocenters. The van der Waals surface area contributed by atoms with Gasteiger partial charge in [-0.15, -0.1) is 0 Å². The third kappa shape index (κ3) is 7.92. The van der Waals surface area contributed by atoms with E-state index in [9.17, 15) is 0 Å². The summed E-state index contributed by atoms with van der Waals surface area (Å²) in [6.07, 6.45) is 0. The Morgan fingerprint density at radius 3 is 2.20 bits per heavy atom. The molecule has 0 unspecified atom stereocenters. The fourth-order valence-corrected chi connectivity index (χ4v) is 0.440. The molecule has 1 radical (unpaired) electrons. The lowest BCUT2D eigenvalue weighted by Crippen LogP contribution is -2.10. The largest absolute Gasteiger partial charge is 0.382 e. The van der Waals surface area contributed by atoms with Crippen molar-refractivity contribution in [3.8, 4) is 0 Å². The molecule has 10 heavy (non-hydrogen) atoms. The minimum Gasteiger partial charge on any atom is -0.382 e. The molecule has 0 fully saturated rings. The van der Waals surface area contributed by atoms with E-state index in [1.54, 1.807) is 7.11 Å². The number of rotatable bonds is 4. The number of hydrogen-bond acceptors (Lipinski definition) is 2. The first-order chi connectivity index (χ1) is 4.56. The van der Waals surface area contributed by atoms with Crippen molar-refractivity contribution < 1.29 is 9.47 Å². The van der Waals surface area contributed by atoms with Crippen LogP contribution in [0.15, 0.2) is 0 Å². The minimum absolute atomic E-state index is 0.147. The molecule has 2 heteroatoms. The Bertz CT molecular complexity index is 73.8. The number of hydrogen-bond donors (Lipinski definition) is 0. The Morgan fingerprint density at radius 2 is 1.80 bits per heavy atom. The molecule has 0 aromatic rings. The second kappa shape index (κ2) is 4.69. The van der Waals surface area contributed by atoms with Crippen LogP contribution in [0.1, 0.15) is 20.8 Å². The highest BCUT2D eigenvalue weighted by atomic mass is 16.5. The van der Waals surface area contributed by atoms with Gasteiger partial charge in [-0.1, -0.05) is 20.8 Å². The fraction of sp³-hybridized carbons (Fsp3) is 0.875. The van der Waals surface area contributed by atoms with Gasteiger partial charge in [-0.05, 0) is 5.41 Å². The Labute approximate surface area is 63.5 Å². The topological polar surface area (TPSA) is 18.5 Å². The summed E-state index contributed by atoms with van der Waals surface area (Å²) in [5.41, 5.74) is 0.147. The van der Waals surface area contributed by atoms with Crippen LogP contribution < -0.4 is 0 Å². The van der Waals surface area contributed by atoms with E-state index in [4.69, 9.17) is 9.47 Å². The van der Waals surface area contributed by atoms with Gasteiger partial charge in [0.15, 0.2) is 0 Å². The third-order valence-electron chi connectivity index (χ3n) is 0.842. The van der Waals surface area contributed by atoms with Gasteiger partial charge in [-0.3, -0.25) is 0 Å². The summed E-state index contributed by atoms with van der Waals surface area (Å²) in [4.78, 5) is 0. The summed E-state index contributed by atoms with van der Waals surface area (Å²) in [6.45, 7) is 9.44. The average molecular weight is 145 g/mol. The van der Waals surface area contributed by atoms with Crippen LogP contribution in [0.5, 0.6) is 0 Å². The van der Waals surface area contributed by atoms with Gasteiger partial charge >= 0.3 is 0 Å². The van der Waals surface area contributed by atoms with Crippen molar-refractivity contribution in [3.05, 3.63) is 6.61 Å². The van der Waals surface area contributed by atoms with Crippen LogP contribution >= 0.6 is 0 Å². The Morgan fingerprint density at radius 1 is 1.20 bits per heavy atom. The van der Waals surface area contributed by atoms with E-state index in [0.717, 1.165) is 0 Å². The molecule has 61 valence electrons. The molecule has 0 spiro atoms. The van der Waals surface area contributed by atoms with Crippen LogP contribution in [-0.4, -0.2) is 20.3 Å². The maximum Gasteiger partial charge on any atom is 0.0891 e. The van der Waals surface area contributed by atoms with E-state index in [1.807, 2.05) is 6.61 Å². The van der Waals surface area contributed by atoms with Crippen molar-refractivity contribution in [1.29, 1.82) is 0 Å². The molecule has 0 aromatic heterocycles. The van der Waals surface area contributed by atoms with Gasteiger partial charge in [0, 0.05) is 7.11 Å². The van der Waals surface area contributed by atoms with Crippen molar-refractivity contribution in [3.63, 3.8) is 0 Å². The molecule has 0 heterocycles. The molecule has 0 aliphatic heterocycles. The predicted octanol–water partition coefficient (Wildman–Crippen LogP) is 1.86. The maximum atomic E-state index is 5.19. The van der Waals surface area contributed by atoms with Gasteiger partial charge in [0.2, 0.25) is 0 Å². The van der Waals surface area contributed by atoms with Crippen molar-refractivity contribution in [1.82, 2.24) is 0 Å². The first kappa shape index (κ1) is 9.92. The van der Waals surface area contributed by atoms with E-state index in [-0.39, 0.29) is 5.41 Å². The van der Waals surface area contributed by atoms with Crippen LogP contribution in [0.4, 0.5) is 0 Å². The van der Waals surface area contributed by atoms with Crippen molar-refractivity contribution >= 4 is 0 Å². The standard InChI is InChI=1S/C8H17O2/c1-8(2,3)7-10-6-5-9-4/h7H,5-6H2,1-4H3. The quantitative estimate of drug-likeness (QED) is 0.562. The molecular formula is C8H17O2. The van der Waals surface area contributed by atoms with Crippen LogP contribution in [0, 0.1) is 12.0 Å². The van der Waals surface area contributed by atoms with Gasteiger partial charge in [-0.2, -0.15) is 0 Å². The monoisotopic (exact) mass is 145 g/mol. The van der Waals surface area contributed by atoms with Crippen LogP contribution in [0.2, 0.25) is 0 Å². The maximum absolute atomic E-state index is 5.19. The van der Waals surface area contributed by atoms with Gasteiger partial charge in [0.1, 0.15) is 0 Å². The van der Waals surface area contributed by atoms with E-state index < -0.39 is 0 Å². The third-order valence-corrected chi connectivity index (χ3v) is 0.842. The Kier molecular flexibility index (Phi) is 4.65. The second-order valence-corrected chi connectivity index (χ2v) is 3.35. The summed E-state index contributed by atoms with van der Waals surface area (Å²) in [6, 6.07) is 0. The zero-order valence-electron chi connectivity index (χ0n) is 7.31.